The van der Waals surface area contributed by atoms with Crippen molar-refractivity contribution >= 4 is 11.0 Å². The number of halogens is 1. The van der Waals surface area contributed by atoms with Gasteiger partial charge in [-0.1, -0.05) is 12.1 Å². The van der Waals surface area contributed by atoms with Crippen molar-refractivity contribution in [3.63, 3.8) is 0 Å². The van der Waals surface area contributed by atoms with Gasteiger partial charge in [-0.25, -0.2) is 19.2 Å². The summed E-state index contributed by atoms with van der Waals surface area (Å²) in [6.07, 6.45) is 5.32. The molecule has 2 unspecified atom stereocenters. The third kappa shape index (κ3) is 3.32. The monoisotopic (exact) mass is 407 g/mol. The van der Waals surface area contributed by atoms with Crippen LogP contribution in [0.3, 0.4) is 0 Å². The molecular weight excluding hydrogens is 389 g/mol. The summed E-state index contributed by atoms with van der Waals surface area (Å²) >= 11 is 0. The lowest BCUT2D eigenvalue weighted by Crippen LogP contribution is -2.22. The molecule has 1 aliphatic rings. The molecule has 5 rings (SSSR count). The lowest BCUT2D eigenvalue weighted by atomic mass is 9.97. The van der Waals surface area contributed by atoms with Crippen LogP contribution >= 0.6 is 0 Å². The van der Waals surface area contributed by atoms with Gasteiger partial charge in [0.2, 0.25) is 5.89 Å². The van der Waals surface area contributed by atoms with Crippen molar-refractivity contribution in [1.82, 2.24) is 24.3 Å². The average Bonchev–Trinajstić information content (AvgIpc) is 3.37. The van der Waals surface area contributed by atoms with Gasteiger partial charge < -0.3 is 4.42 Å². The van der Waals surface area contributed by atoms with Crippen molar-refractivity contribution in [3.8, 4) is 0 Å². The van der Waals surface area contributed by atoms with E-state index >= 15 is 0 Å². The average molecular weight is 407 g/mol. The number of rotatable bonds is 4. The van der Waals surface area contributed by atoms with Gasteiger partial charge in [-0.3, -0.25) is 9.36 Å². The van der Waals surface area contributed by atoms with Gasteiger partial charge in [0.05, 0.1) is 11.4 Å². The highest BCUT2D eigenvalue weighted by Gasteiger charge is 2.30. The maximum Gasteiger partial charge on any atom is 0.437 e. The Bertz CT molecular complexity index is 1320. The third-order valence-corrected chi connectivity index (χ3v) is 5.61. The van der Waals surface area contributed by atoms with Crippen molar-refractivity contribution in [2.24, 2.45) is 0 Å². The molecule has 3 heterocycles. The van der Waals surface area contributed by atoms with Crippen LogP contribution < -0.4 is 11.3 Å². The number of aromatic nitrogens is 5. The smallest absolute Gasteiger partial charge is 0.390 e. The second-order valence-electron chi connectivity index (χ2n) is 7.47. The van der Waals surface area contributed by atoms with E-state index in [4.69, 9.17) is 4.42 Å². The largest absolute Gasteiger partial charge is 0.437 e. The molecule has 1 saturated carbocycles. The number of nitrogens with zero attached hydrogens (tertiary/aromatic N) is 5. The zero-order valence-electron chi connectivity index (χ0n) is 15.9. The molecule has 9 heteroatoms. The molecule has 0 amide bonds. The Labute approximate surface area is 169 Å². The number of fused-ring (bicyclic) bond motifs is 1. The van der Waals surface area contributed by atoms with Crippen LogP contribution in [0.4, 0.5) is 4.39 Å². The van der Waals surface area contributed by atoms with E-state index in [1.54, 1.807) is 30.5 Å². The van der Waals surface area contributed by atoms with Crippen molar-refractivity contribution < 1.29 is 8.81 Å². The van der Waals surface area contributed by atoms with Crippen molar-refractivity contribution in [3.05, 3.63) is 87.1 Å². The Hall–Kier alpha value is -3.62. The molecule has 152 valence electrons. The molecule has 1 aliphatic carbocycles. The maximum atomic E-state index is 13.2. The summed E-state index contributed by atoms with van der Waals surface area (Å²) in [5.74, 6) is -0.419. The maximum absolute atomic E-state index is 13.2. The first-order valence-electron chi connectivity index (χ1n) is 9.72. The zero-order valence-corrected chi connectivity index (χ0v) is 15.9. The molecular formula is C21H18FN5O3. The second-order valence-corrected chi connectivity index (χ2v) is 7.47. The molecule has 4 aromatic rings. The first kappa shape index (κ1) is 18.4. The summed E-state index contributed by atoms with van der Waals surface area (Å²) < 4.78 is 21.2. The second kappa shape index (κ2) is 7.33. The zero-order chi connectivity index (χ0) is 20.7. The van der Waals surface area contributed by atoms with Crippen LogP contribution in [-0.2, 0) is 6.54 Å². The molecule has 0 spiro atoms. The molecule has 0 saturated heterocycles. The van der Waals surface area contributed by atoms with Crippen LogP contribution in [0.1, 0.15) is 42.7 Å². The topological polar surface area (TPSA) is 95.8 Å². The van der Waals surface area contributed by atoms with Crippen molar-refractivity contribution in [1.29, 1.82) is 0 Å². The van der Waals surface area contributed by atoms with E-state index in [1.165, 1.54) is 27.7 Å². The van der Waals surface area contributed by atoms with Gasteiger partial charge in [-0.05, 0) is 55.0 Å². The summed E-state index contributed by atoms with van der Waals surface area (Å²) in [4.78, 5) is 33.2. The lowest BCUT2D eigenvalue weighted by molar-refractivity contribution is 0.401. The van der Waals surface area contributed by atoms with Crippen LogP contribution in [0.2, 0.25) is 0 Å². The first-order valence-corrected chi connectivity index (χ1v) is 9.72. The summed E-state index contributed by atoms with van der Waals surface area (Å²) in [5, 5.41) is 4.71. The third-order valence-electron chi connectivity index (χ3n) is 5.61. The van der Waals surface area contributed by atoms with Crippen molar-refractivity contribution in [2.45, 2.75) is 37.8 Å². The molecule has 0 N–H and O–H groups in total. The van der Waals surface area contributed by atoms with Gasteiger partial charge in [0.15, 0.2) is 5.65 Å². The molecule has 30 heavy (non-hydrogen) atoms. The molecule has 2 atom stereocenters. The van der Waals surface area contributed by atoms with E-state index < -0.39 is 5.76 Å². The summed E-state index contributed by atoms with van der Waals surface area (Å²) in [6, 6.07) is 9.70. The fourth-order valence-corrected chi connectivity index (χ4v) is 4.10. The Balaban J connectivity index is 1.37. The van der Waals surface area contributed by atoms with Gasteiger partial charge in [-0.2, -0.15) is 4.68 Å². The molecule has 0 bridgehead atoms. The Morgan fingerprint density at radius 2 is 1.93 bits per heavy atom. The quantitative estimate of drug-likeness (QED) is 0.516. The summed E-state index contributed by atoms with van der Waals surface area (Å²) in [7, 11) is 0. The van der Waals surface area contributed by atoms with Crippen molar-refractivity contribution in [2.75, 3.05) is 0 Å². The van der Waals surface area contributed by atoms with Gasteiger partial charge in [-0.15, -0.1) is 5.10 Å². The molecule has 0 aliphatic heterocycles. The minimum absolute atomic E-state index is 0.00696. The van der Waals surface area contributed by atoms with Crippen LogP contribution in [-0.4, -0.2) is 24.3 Å². The van der Waals surface area contributed by atoms with Crippen LogP contribution in [0.5, 0.6) is 0 Å². The number of hydrogen-bond donors (Lipinski definition) is 0. The predicted molar refractivity (Wildman–Crippen MR) is 106 cm³/mol. The van der Waals surface area contributed by atoms with Gasteiger partial charge >= 0.3 is 5.76 Å². The number of hydrogen-bond acceptors (Lipinski definition) is 6. The van der Waals surface area contributed by atoms with E-state index in [0.29, 0.717) is 11.0 Å². The van der Waals surface area contributed by atoms with Gasteiger partial charge in [0, 0.05) is 6.20 Å². The fourth-order valence-electron chi connectivity index (χ4n) is 4.10. The van der Waals surface area contributed by atoms with Crippen LogP contribution in [0.15, 0.2) is 62.9 Å². The Morgan fingerprint density at radius 3 is 2.77 bits per heavy atom. The van der Waals surface area contributed by atoms with E-state index in [0.717, 1.165) is 24.8 Å². The van der Waals surface area contributed by atoms with Gasteiger partial charge in [0.25, 0.3) is 5.56 Å². The molecule has 1 fully saturated rings. The Kier molecular flexibility index (Phi) is 4.50. The minimum atomic E-state index is -0.543. The lowest BCUT2D eigenvalue weighted by Gasteiger charge is -2.11. The first-order chi connectivity index (χ1) is 14.6. The SMILES string of the molecule is O=c1c2cccnc2ncn1Cc1nn(C2CCC(c3ccc(F)cc3)C2)c(=O)o1. The molecule has 8 nitrogen and oxygen atoms in total. The van der Waals surface area contributed by atoms with E-state index in [-0.39, 0.29) is 35.8 Å². The van der Waals surface area contributed by atoms with E-state index in [2.05, 4.69) is 15.1 Å². The molecule has 1 aromatic carbocycles. The summed E-state index contributed by atoms with van der Waals surface area (Å²) in [6.45, 7) is 0.00696. The van der Waals surface area contributed by atoms with Gasteiger partial charge in [0.1, 0.15) is 18.7 Å². The fraction of sp³-hybridized carbons (Fsp3) is 0.286. The summed E-state index contributed by atoms with van der Waals surface area (Å²) in [5.41, 5.74) is 1.14. The molecule has 3 aromatic heterocycles. The van der Waals surface area contributed by atoms with E-state index in [1.807, 2.05) is 0 Å². The highest BCUT2D eigenvalue weighted by Crippen LogP contribution is 2.40. The Morgan fingerprint density at radius 1 is 1.10 bits per heavy atom. The number of benzene rings is 1. The van der Waals surface area contributed by atoms with Crippen LogP contribution in [0.25, 0.3) is 11.0 Å². The highest BCUT2D eigenvalue weighted by molar-refractivity contribution is 5.72. The van der Waals surface area contributed by atoms with E-state index in [9.17, 15) is 14.0 Å². The normalized spacial score (nSPS) is 18.8. The standard InChI is InChI=1S/C21H18FN5O3/c22-15-6-3-13(4-7-15)14-5-8-16(10-14)27-21(29)30-18(25-27)11-26-12-24-19-17(20(26)28)2-1-9-23-19/h1-4,6-7,9,12,14,16H,5,8,10-11H2. The highest BCUT2D eigenvalue weighted by atomic mass is 19.1. The van der Waals surface area contributed by atoms with Crippen LogP contribution in [0, 0.1) is 5.82 Å². The molecule has 0 radical (unpaired) electrons. The predicted octanol–water partition coefficient (Wildman–Crippen LogP) is 2.64. The minimum Gasteiger partial charge on any atom is -0.390 e. The number of pyridine rings is 1.